The van der Waals surface area contributed by atoms with E-state index in [4.69, 9.17) is 4.74 Å². The molecule has 2 N–H and O–H groups in total. The fraction of sp³-hybridized carbons (Fsp3) is 0.588. The lowest BCUT2D eigenvalue weighted by Crippen LogP contribution is -2.27. The number of alkyl halides is 3. The summed E-state index contributed by atoms with van der Waals surface area (Å²) in [5.74, 6) is 0. The third-order valence-electron chi connectivity index (χ3n) is 3.76. The quantitative estimate of drug-likeness (QED) is 0.844. The van der Waals surface area contributed by atoms with E-state index < -0.39 is 29.0 Å². The first-order chi connectivity index (χ1) is 10.9. The van der Waals surface area contributed by atoms with Gasteiger partial charge in [-0.1, -0.05) is 6.07 Å². The van der Waals surface area contributed by atoms with Crippen molar-refractivity contribution in [2.45, 2.75) is 63.8 Å². The van der Waals surface area contributed by atoms with Gasteiger partial charge in [-0.05, 0) is 64.2 Å². The van der Waals surface area contributed by atoms with Gasteiger partial charge in [0.2, 0.25) is 0 Å². The molecular formula is C17H22F3NO3. The number of hydrogen-bond donors (Lipinski definition) is 2. The fourth-order valence-electron chi connectivity index (χ4n) is 2.26. The van der Waals surface area contributed by atoms with E-state index >= 15 is 0 Å². The normalized spacial score (nSPS) is 16.6. The smallest absolute Gasteiger partial charge is 0.416 e. The molecule has 0 aromatic heterocycles. The van der Waals surface area contributed by atoms with Crippen LogP contribution in [0.5, 0.6) is 0 Å². The molecule has 1 fully saturated rings. The molecule has 1 aromatic rings. The SMILES string of the molecule is CC(C)(C)OC(=O)Nc1cc(C(F)(F)F)ccc1CCC1(O)CC1. The van der Waals surface area contributed by atoms with Crippen molar-refractivity contribution in [3.8, 4) is 0 Å². The summed E-state index contributed by atoms with van der Waals surface area (Å²) in [5.41, 5.74) is -1.72. The molecular weight excluding hydrogens is 323 g/mol. The standard InChI is InChI=1S/C17H22F3NO3/c1-15(2,3)24-14(22)21-13-10-12(17(18,19)20)5-4-11(13)6-7-16(23)8-9-16/h4-5,10,23H,6-9H2,1-3H3,(H,21,22). The Balaban J connectivity index is 2.20. The van der Waals surface area contributed by atoms with E-state index in [0.29, 0.717) is 31.2 Å². The zero-order chi connectivity index (χ0) is 18.2. The van der Waals surface area contributed by atoms with Gasteiger partial charge in [-0.15, -0.1) is 0 Å². The van der Waals surface area contributed by atoms with Crippen molar-refractivity contribution in [3.05, 3.63) is 29.3 Å². The van der Waals surface area contributed by atoms with E-state index in [9.17, 15) is 23.1 Å². The molecule has 1 aliphatic rings. The van der Waals surface area contributed by atoms with Crippen LogP contribution in [-0.4, -0.2) is 22.4 Å². The molecule has 1 saturated carbocycles. The van der Waals surface area contributed by atoms with Crippen LogP contribution in [0.3, 0.4) is 0 Å². The number of anilines is 1. The summed E-state index contributed by atoms with van der Waals surface area (Å²) in [6.45, 7) is 5.01. The summed E-state index contributed by atoms with van der Waals surface area (Å²) in [4.78, 5) is 11.9. The first kappa shape index (κ1) is 18.6. The highest BCUT2D eigenvalue weighted by molar-refractivity contribution is 5.86. The van der Waals surface area contributed by atoms with Gasteiger partial charge >= 0.3 is 12.3 Å². The molecule has 0 bridgehead atoms. The van der Waals surface area contributed by atoms with E-state index in [-0.39, 0.29) is 5.69 Å². The minimum absolute atomic E-state index is 0.0586. The molecule has 134 valence electrons. The van der Waals surface area contributed by atoms with Crippen LogP contribution >= 0.6 is 0 Å². The Hall–Kier alpha value is -1.76. The zero-order valence-electron chi connectivity index (χ0n) is 14.0. The van der Waals surface area contributed by atoms with E-state index in [0.717, 1.165) is 12.1 Å². The number of benzene rings is 1. The van der Waals surface area contributed by atoms with Crippen LogP contribution in [0.15, 0.2) is 18.2 Å². The average Bonchev–Trinajstić information content (AvgIpc) is 3.12. The molecule has 4 nitrogen and oxygen atoms in total. The van der Waals surface area contributed by atoms with Crippen LogP contribution in [0.25, 0.3) is 0 Å². The Morgan fingerprint density at radius 1 is 1.29 bits per heavy atom. The highest BCUT2D eigenvalue weighted by atomic mass is 19.4. The van der Waals surface area contributed by atoms with Gasteiger partial charge in [0.25, 0.3) is 0 Å². The number of aryl methyl sites for hydroxylation is 1. The largest absolute Gasteiger partial charge is 0.444 e. The Kier molecular flexibility index (Phi) is 4.86. The van der Waals surface area contributed by atoms with Gasteiger partial charge in [-0.2, -0.15) is 13.2 Å². The van der Waals surface area contributed by atoms with Crippen molar-refractivity contribution in [2.75, 3.05) is 5.32 Å². The highest BCUT2D eigenvalue weighted by Crippen LogP contribution is 2.40. The zero-order valence-corrected chi connectivity index (χ0v) is 14.0. The van der Waals surface area contributed by atoms with Crippen LogP contribution < -0.4 is 5.32 Å². The van der Waals surface area contributed by atoms with Gasteiger partial charge in [0.15, 0.2) is 0 Å². The summed E-state index contributed by atoms with van der Waals surface area (Å²) >= 11 is 0. The van der Waals surface area contributed by atoms with E-state index in [2.05, 4.69) is 5.32 Å². The minimum atomic E-state index is -4.50. The second kappa shape index (κ2) is 6.27. The van der Waals surface area contributed by atoms with Crippen molar-refractivity contribution in [2.24, 2.45) is 0 Å². The molecule has 1 amide bonds. The number of carbonyl (C=O) groups excluding carboxylic acids is 1. The Bertz CT molecular complexity index is 616. The highest BCUT2D eigenvalue weighted by Gasteiger charge is 2.39. The molecule has 1 aliphatic carbocycles. The maximum absolute atomic E-state index is 12.9. The number of aliphatic hydroxyl groups is 1. The van der Waals surface area contributed by atoms with Crippen molar-refractivity contribution in [1.29, 1.82) is 0 Å². The third kappa shape index (κ3) is 5.40. The second-order valence-corrected chi connectivity index (χ2v) is 7.22. The molecule has 1 aromatic carbocycles. The van der Waals surface area contributed by atoms with Gasteiger partial charge in [0.1, 0.15) is 5.60 Å². The lowest BCUT2D eigenvalue weighted by Gasteiger charge is -2.21. The van der Waals surface area contributed by atoms with Crippen molar-refractivity contribution in [3.63, 3.8) is 0 Å². The van der Waals surface area contributed by atoms with Crippen LogP contribution in [0.2, 0.25) is 0 Å². The average molecular weight is 345 g/mol. The predicted octanol–water partition coefficient (Wildman–Crippen LogP) is 4.51. The number of halogens is 3. The van der Waals surface area contributed by atoms with Crippen LogP contribution in [0, 0.1) is 0 Å². The summed E-state index contributed by atoms with van der Waals surface area (Å²) in [5, 5.41) is 12.3. The van der Waals surface area contributed by atoms with Crippen LogP contribution in [-0.2, 0) is 17.3 Å². The molecule has 0 spiro atoms. The lowest BCUT2D eigenvalue weighted by atomic mass is 10.0. The van der Waals surface area contributed by atoms with Crippen molar-refractivity contribution < 1.29 is 27.8 Å². The Morgan fingerprint density at radius 2 is 1.92 bits per heavy atom. The monoisotopic (exact) mass is 345 g/mol. The van der Waals surface area contributed by atoms with E-state index in [1.165, 1.54) is 6.07 Å². The maximum Gasteiger partial charge on any atom is 0.416 e. The first-order valence-electron chi connectivity index (χ1n) is 7.81. The molecule has 0 aliphatic heterocycles. The number of ether oxygens (including phenoxy) is 1. The Labute approximate surface area is 139 Å². The van der Waals surface area contributed by atoms with Gasteiger partial charge in [0, 0.05) is 5.69 Å². The van der Waals surface area contributed by atoms with Gasteiger partial charge in [0.05, 0.1) is 11.2 Å². The molecule has 0 radical (unpaired) electrons. The van der Waals surface area contributed by atoms with Crippen molar-refractivity contribution >= 4 is 11.8 Å². The Morgan fingerprint density at radius 3 is 2.42 bits per heavy atom. The first-order valence-corrected chi connectivity index (χ1v) is 7.81. The molecule has 0 saturated heterocycles. The van der Waals surface area contributed by atoms with Gasteiger partial charge in [-0.25, -0.2) is 4.79 Å². The number of nitrogens with one attached hydrogen (secondary N) is 1. The molecule has 7 heteroatoms. The second-order valence-electron chi connectivity index (χ2n) is 7.22. The minimum Gasteiger partial charge on any atom is -0.444 e. The number of hydrogen-bond acceptors (Lipinski definition) is 3. The fourth-order valence-corrected chi connectivity index (χ4v) is 2.26. The van der Waals surface area contributed by atoms with E-state index in [1.807, 2.05) is 0 Å². The third-order valence-corrected chi connectivity index (χ3v) is 3.76. The summed E-state index contributed by atoms with van der Waals surface area (Å²) in [6, 6.07) is 3.21. The van der Waals surface area contributed by atoms with Gasteiger partial charge < -0.3 is 9.84 Å². The number of carbonyl (C=O) groups is 1. The lowest BCUT2D eigenvalue weighted by molar-refractivity contribution is -0.137. The molecule has 0 atom stereocenters. The van der Waals surface area contributed by atoms with Crippen LogP contribution in [0.1, 0.15) is 51.2 Å². The molecule has 0 heterocycles. The summed E-state index contributed by atoms with van der Waals surface area (Å²) < 4.78 is 43.8. The predicted molar refractivity (Wildman–Crippen MR) is 83.8 cm³/mol. The molecule has 2 rings (SSSR count). The molecule has 0 unspecified atom stereocenters. The summed E-state index contributed by atoms with van der Waals surface area (Å²) in [6.07, 6.45) is -3.10. The van der Waals surface area contributed by atoms with Gasteiger partial charge in [-0.3, -0.25) is 5.32 Å². The van der Waals surface area contributed by atoms with E-state index in [1.54, 1.807) is 20.8 Å². The summed E-state index contributed by atoms with van der Waals surface area (Å²) in [7, 11) is 0. The number of amides is 1. The number of rotatable bonds is 4. The van der Waals surface area contributed by atoms with Crippen molar-refractivity contribution in [1.82, 2.24) is 0 Å². The molecule has 24 heavy (non-hydrogen) atoms. The topological polar surface area (TPSA) is 58.6 Å². The van der Waals surface area contributed by atoms with Crippen LogP contribution in [0.4, 0.5) is 23.7 Å². The maximum atomic E-state index is 12.9.